The molecule has 0 spiro atoms. The third-order valence-electron chi connectivity index (χ3n) is 4.19. The molecule has 0 fully saturated rings. The van der Waals surface area contributed by atoms with Crippen LogP contribution in [-0.2, 0) is 13.1 Å². The van der Waals surface area contributed by atoms with Gasteiger partial charge in [-0.05, 0) is 36.6 Å². The monoisotopic (exact) mass is 339 g/mol. The molecular weight excluding hydrogens is 317 g/mol. The average Bonchev–Trinajstić information content (AvgIpc) is 2.95. The van der Waals surface area contributed by atoms with Crippen molar-refractivity contribution in [2.24, 2.45) is 5.92 Å². The van der Waals surface area contributed by atoms with Crippen LogP contribution in [0.5, 0.6) is 0 Å². The molecule has 0 atom stereocenters. The van der Waals surface area contributed by atoms with Gasteiger partial charge in [0.2, 0.25) is 0 Å². The molecule has 0 aliphatic rings. The smallest absolute Gasteiger partial charge is 0.254 e. The molecule has 1 amide bonds. The van der Waals surface area contributed by atoms with Crippen molar-refractivity contribution in [3.8, 4) is 0 Å². The maximum Gasteiger partial charge on any atom is 0.254 e. The minimum absolute atomic E-state index is 0.0485. The molecule has 0 radical (unpaired) electrons. The van der Waals surface area contributed by atoms with Gasteiger partial charge in [0, 0.05) is 6.54 Å². The van der Waals surface area contributed by atoms with Crippen LogP contribution in [-0.4, -0.2) is 15.5 Å². The number of amides is 1. The summed E-state index contributed by atoms with van der Waals surface area (Å²) >= 11 is 0. The van der Waals surface area contributed by atoms with Crippen LogP contribution in [0.1, 0.15) is 36.5 Å². The van der Waals surface area contributed by atoms with Gasteiger partial charge in [-0.25, -0.2) is 9.37 Å². The number of halogens is 1. The predicted octanol–water partition coefficient (Wildman–Crippen LogP) is 4.15. The van der Waals surface area contributed by atoms with Gasteiger partial charge in [-0.2, -0.15) is 0 Å². The van der Waals surface area contributed by atoms with Crippen molar-refractivity contribution in [3.63, 3.8) is 0 Å². The number of carbonyl (C=O) groups is 1. The molecule has 1 N–H and O–H groups in total. The summed E-state index contributed by atoms with van der Waals surface area (Å²) in [7, 11) is 0. The van der Waals surface area contributed by atoms with Gasteiger partial charge in [-0.15, -0.1) is 0 Å². The second-order valence-electron chi connectivity index (χ2n) is 6.51. The zero-order chi connectivity index (χ0) is 17.8. The van der Waals surface area contributed by atoms with Gasteiger partial charge in [0.1, 0.15) is 11.6 Å². The largest absolute Gasteiger partial charge is 0.345 e. The van der Waals surface area contributed by atoms with Gasteiger partial charge in [0.05, 0.1) is 23.1 Å². The van der Waals surface area contributed by atoms with Crippen LogP contribution in [0.2, 0.25) is 0 Å². The Hall–Kier alpha value is -2.69. The van der Waals surface area contributed by atoms with E-state index in [0.717, 1.165) is 29.8 Å². The lowest BCUT2D eigenvalue weighted by molar-refractivity contribution is 0.0945. The van der Waals surface area contributed by atoms with E-state index >= 15 is 0 Å². The number of rotatable bonds is 6. The minimum atomic E-state index is -0.520. The molecule has 4 nitrogen and oxygen atoms in total. The van der Waals surface area contributed by atoms with Gasteiger partial charge >= 0.3 is 0 Å². The Labute approximate surface area is 146 Å². The van der Waals surface area contributed by atoms with Crippen LogP contribution in [0.4, 0.5) is 4.39 Å². The molecular formula is C20H22FN3O. The number of fused-ring (bicyclic) bond motifs is 1. The summed E-state index contributed by atoms with van der Waals surface area (Å²) in [6, 6.07) is 13.9. The number of aryl methyl sites for hydroxylation is 1. The molecule has 130 valence electrons. The fraction of sp³-hybridized carbons (Fsp3) is 0.300. The molecule has 25 heavy (non-hydrogen) atoms. The SMILES string of the molecule is CC(C)CCn1c(CNC(=O)c2ccccc2F)nc2ccccc21. The highest BCUT2D eigenvalue weighted by Crippen LogP contribution is 2.18. The lowest BCUT2D eigenvalue weighted by Crippen LogP contribution is -2.25. The Kier molecular flexibility index (Phi) is 5.12. The summed E-state index contributed by atoms with van der Waals surface area (Å²) in [4.78, 5) is 16.9. The van der Waals surface area contributed by atoms with Crippen LogP contribution < -0.4 is 5.32 Å². The maximum atomic E-state index is 13.7. The number of carbonyl (C=O) groups excluding carboxylic acids is 1. The Balaban J connectivity index is 1.82. The fourth-order valence-corrected chi connectivity index (χ4v) is 2.80. The Morgan fingerprint density at radius 2 is 1.88 bits per heavy atom. The first kappa shape index (κ1) is 17.1. The molecule has 0 saturated carbocycles. The highest BCUT2D eigenvalue weighted by atomic mass is 19.1. The summed E-state index contributed by atoms with van der Waals surface area (Å²) in [5, 5.41) is 2.78. The second-order valence-corrected chi connectivity index (χ2v) is 6.51. The maximum absolute atomic E-state index is 13.7. The second kappa shape index (κ2) is 7.47. The highest BCUT2D eigenvalue weighted by molar-refractivity contribution is 5.94. The number of para-hydroxylation sites is 2. The van der Waals surface area contributed by atoms with Gasteiger partial charge in [-0.1, -0.05) is 38.1 Å². The topological polar surface area (TPSA) is 46.9 Å². The summed E-state index contributed by atoms with van der Waals surface area (Å²) in [6.07, 6.45) is 1.02. The van der Waals surface area contributed by atoms with Crippen LogP contribution in [0.15, 0.2) is 48.5 Å². The zero-order valence-electron chi connectivity index (χ0n) is 14.5. The molecule has 0 saturated heterocycles. The lowest BCUT2D eigenvalue weighted by Gasteiger charge is -2.12. The fourth-order valence-electron chi connectivity index (χ4n) is 2.80. The third-order valence-corrected chi connectivity index (χ3v) is 4.19. The first-order valence-corrected chi connectivity index (χ1v) is 8.53. The molecule has 1 heterocycles. The first-order chi connectivity index (χ1) is 12.1. The molecule has 0 aliphatic heterocycles. The Morgan fingerprint density at radius 1 is 1.16 bits per heavy atom. The lowest BCUT2D eigenvalue weighted by atomic mass is 10.1. The van der Waals surface area contributed by atoms with Crippen molar-refractivity contribution < 1.29 is 9.18 Å². The quantitative estimate of drug-likeness (QED) is 0.733. The van der Waals surface area contributed by atoms with Crippen LogP contribution in [0.3, 0.4) is 0 Å². The molecule has 3 rings (SSSR count). The van der Waals surface area contributed by atoms with E-state index in [1.807, 2.05) is 24.3 Å². The van der Waals surface area contributed by atoms with Crippen molar-refractivity contribution in [2.75, 3.05) is 0 Å². The van der Waals surface area contributed by atoms with Crippen molar-refractivity contribution in [3.05, 3.63) is 65.7 Å². The number of hydrogen-bond donors (Lipinski definition) is 1. The van der Waals surface area contributed by atoms with E-state index < -0.39 is 11.7 Å². The molecule has 2 aromatic carbocycles. The van der Waals surface area contributed by atoms with Gasteiger partial charge in [0.25, 0.3) is 5.91 Å². The van der Waals surface area contributed by atoms with E-state index in [-0.39, 0.29) is 12.1 Å². The number of imidazole rings is 1. The van der Waals surface area contributed by atoms with Crippen molar-refractivity contribution in [1.82, 2.24) is 14.9 Å². The third kappa shape index (κ3) is 3.87. The molecule has 3 aromatic rings. The predicted molar refractivity (Wildman–Crippen MR) is 96.8 cm³/mol. The molecule has 0 bridgehead atoms. The molecule has 5 heteroatoms. The summed E-state index contributed by atoms with van der Waals surface area (Å²) in [6.45, 7) is 5.46. The normalized spacial score (nSPS) is 11.2. The number of nitrogens with zero attached hydrogens (tertiary/aromatic N) is 2. The number of benzene rings is 2. The van der Waals surface area contributed by atoms with Crippen molar-refractivity contribution in [2.45, 2.75) is 33.4 Å². The number of aromatic nitrogens is 2. The average molecular weight is 339 g/mol. The molecule has 1 aromatic heterocycles. The van der Waals surface area contributed by atoms with Crippen molar-refractivity contribution >= 4 is 16.9 Å². The summed E-state index contributed by atoms with van der Waals surface area (Å²) in [5.41, 5.74) is 2.01. The van der Waals surface area contributed by atoms with E-state index in [1.54, 1.807) is 12.1 Å². The minimum Gasteiger partial charge on any atom is -0.345 e. The van der Waals surface area contributed by atoms with Crippen LogP contribution in [0, 0.1) is 11.7 Å². The van der Waals surface area contributed by atoms with E-state index in [4.69, 9.17) is 0 Å². The Bertz CT molecular complexity index is 886. The van der Waals surface area contributed by atoms with E-state index in [1.165, 1.54) is 12.1 Å². The first-order valence-electron chi connectivity index (χ1n) is 8.53. The summed E-state index contributed by atoms with van der Waals surface area (Å²) < 4.78 is 15.9. The van der Waals surface area contributed by atoms with Gasteiger partial charge in [0.15, 0.2) is 0 Å². The van der Waals surface area contributed by atoms with Crippen LogP contribution in [0.25, 0.3) is 11.0 Å². The number of hydrogen-bond acceptors (Lipinski definition) is 2. The standard InChI is InChI=1S/C20H22FN3O/c1-14(2)11-12-24-18-10-6-5-9-17(18)23-19(24)13-22-20(25)15-7-3-4-8-16(15)21/h3-10,14H,11-13H2,1-2H3,(H,22,25). The zero-order valence-corrected chi connectivity index (χ0v) is 14.5. The van der Waals surface area contributed by atoms with Gasteiger partial charge < -0.3 is 9.88 Å². The Morgan fingerprint density at radius 3 is 2.64 bits per heavy atom. The molecule has 0 aliphatic carbocycles. The van der Waals surface area contributed by atoms with E-state index in [0.29, 0.717) is 5.92 Å². The van der Waals surface area contributed by atoms with E-state index in [2.05, 4.69) is 28.7 Å². The number of nitrogens with one attached hydrogen (secondary N) is 1. The van der Waals surface area contributed by atoms with Crippen LogP contribution >= 0.6 is 0 Å². The van der Waals surface area contributed by atoms with Gasteiger partial charge in [-0.3, -0.25) is 4.79 Å². The highest BCUT2D eigenvalue weighted by Gasteiger charge is 2.14. The van der Waals surface area contributed by atoms with Crippen molar-refractivity contribution in [1.29, 1.82) is 0 Å². The van der Waals surface area contributed by atoms with E-state index in [9.17, 15) is 9.18 Å². The molecule has 0 unspecified atom stereocenters. The summed E-state index contributed by atoms with van der Waals surface area (Å²) in [5.74, 6) is 0.405.